The molecule has 1 aliphatic rings. The number of hydrogen-bond acceptors (Lipinski definition) is 5. The fraction of sp³-hybridized carbons (Fsp3) is 0.368. The number of benzene rings is 2. The van der Waals surface area contributed by atoms with Gasteiger partial charge < -0.3 is 14.4 Å². The van der Waals surface area contributed by atoms with E-state index in [2.05, 4.69) is 15.1 Å². The Morgan fingerprint density at radius 2 is 1.60 bits per heavy atom. The summed E-state index contributed by atoms with van der Waals surface area (Å²) in [7, 11) is 3.30. The fourth-order valence-corrected chi connectivity index (χ4v) is 3.22. The number of azo groups is 1. The Bertz CT molecular complexity index is 786. The molecule has 0 amide bonds. The van der Waals surface area contributed by atoms with E-state index in [0.717, 1.165) is 30.1 Å². The van der Waals surface area contributed by atoms with Gasteiger partial charge in [-0.05, 0) is 37.5 Å². The average molecular weight is 360 g/mol. The average Bonchev–Trinajstić information content (AvgIpc) is 3.14. The van der Waals surface area contributed by atoms with Crippen LogP contribution in [0.15, 0.2) is 40.6 Å². The van der Waals surface area contributed by atoms with Crippen LogP contribution >= 0.6 is 11.6 Å². The van der Waals surface area contributed by atoms with E-state index in [-0.39, 0.29) is 0 Å². The maximum atomic E-state index is 6.22. The van der Waals surface area contributed by atoms with Gasteiger partial charge in [0, 0.05) is 25.2 Å². The highest BCUT2D eigenvalue weighted by atomic mass is 35.5. The van der Waals surface area contributed by atoms with Crippen molar-refractivity contribution in [3.63, 3.8) is 0 Å². The SMILES string of the molecule is COc1cc(N2CCCC2)c(OC)cc1N=Nc1ccc(C)cc1Cl. The zero-order valence-electron chi connectivity index (χ0n) is 14.8. The van der Waals surface area contributed by atoms with Crippen LogP contribution in [0.25, 0.3) is 0 Å². The Kier molecular flexibility index (Phi) is 5.43. The number of nitrogens with zero attached hydrogens (tertiary/aromatic N) is 3. The number of rotatable bonds is 5. The quantitative estimate of drug-likeness (QED) is 0.645. The maximum absolute atomic E-state index is 6.22. The lowest BCUT2D eigenvalue weighted by atomic mass is 10.2. The van der Waals surface area contributed by atoms with Gasteiger partial charge in [-0.1, -0.05) is 17.7 Å². The van der Waals surface area contributed by atoms with E-state index in [9.17, 15) is 0 Å². The summed E-state index contributed by atoms with van der Waals surface area (Å²) in [6.45, 7) is 4.04. The molecule has 1 aliphatic heterocycles. The molecule has 1 fully saturated rings. The molecule has 6 heteroatoms. The molecule has 0 N–H and O–H groups in total. The summed E-state index contributed by atoms with van der Waals surface area (Å²) in [6.07, 6.45) is 2.39. The van der Waals surface area contributed by atoms with Crippen molar-refractivity contribution in [1.29, 1.82) is 0 Å². The zero-order valence-corrected chi connectivity index (χ0v) is 15.5. The van der Waals surface area contributed by atoms with Crippen molar-refractivity contribution in [2.45, 2.75) is 19.8 Å². The van der Waals surface area contributed by atoms with E-state index in [1.165, 1.54) is 12.8 Å². The van der Waals surface area contributed by atoms with Gasteiger partial charge in [-0.3, -0.25) is 0 Å². The normalized spacial score (nSPS) is 14.3. The van der Waals surface area contributed by atoms with E-state index in [1.807, 2.05) is 37.3 Å². The molecule has 5 nitrogen and oxygen atoms in total. The lowest BCUT2D eigenvalue weighted by Crippen LogP contribution is -2.18. The number of methoxy groups -OCH3 is 2. The first-order valence-corrected chi connectivity index (χ1v) is 8.69. The monoisotopic (exact) mass is 359 g/mol. The lowest BCUT2D eigenvalue weighted by Gasteiger charge is -2.21. The molecule has 1 heterocycles. The van der Waals surface area contributed by atoms with Crippen LogP contribution in [0.3, 0.4) is 0 Å². The molecule has 0 unspecified atom stereocenters. The molecular formula is C19H22ClN3O2. The summed E-state index contributed by atoms with van der Waals surface area (Å²) in [5.74, 6) is 1.43. The molecule has 0 bridgehead atoms. The van der Waals surface area contributed by atoms with Crippen molar-refractivity contribution >= 4 is 28.7 Å². The van der Waals surface area contributed by atoms with Crippen molar-refractivity contribution in [2.24, 2.45) is 10.2 Å². The lowest BCUT2D eigenvalue weighted by molar-refractivity contribution is 0.404. The highest BCUT2D eigenvalue weighted by Gasteiger charge is 2.19. The number of ether oxygens (including phenoxy) is 2. The minimum Gasteiger partial charge on any atom is -0.494 e. The summed E-state index contributed by atoms with van der Waals surface area (Å²) < 4.78 is 11.1. The van der Waals surface area contributed by atoms with Gasteiger partial charge in [0.05, 0.1) is 24.9 Å². The van der Waals surface area contributed by atoms with Crippen LogP contribution in [0.5, 0.6) is 11.5 Å². The van der Waals surface area contributed by atoms with Crippen molar-refractivity contribution in [2.75, 3.05) is 32.2 Å². The Balaban J connectivity index is 1.96. The molecule has 0 aromatic heterocycles. The molecule has 3 rings (SSSR count). The second-order valence-electron chi connectivity index (χ2n) is 6.04. The summed E-state index contributed by atoms with van der Waals surface area (Å²) in [4.78, 5) is 2.30. The van der Waals surface area contributed by atoms with Gasteiger partial charge in [0.1, 0.15) is 22.9 Å². The molecule has 132 valence electrons. The van der Waals surface area contributed by atoms with Crippen LogP contribution in [-0.4, -0.2) is 27.3 Å². The van der Waals surface area contributed by atoms with Gasteiger partial charge in [0.2, 0.25) is 0 Å². The first-order valence-electron chi connectivity index (χ1n) is 8.31. The number of hydrogen-bond donors (Lipinski definition) is 0. The minimum absolute atomic E-state index is 0.573. The Hall–Kier alpha value is -2.27. The third kappa shape index (κ3) is 3.87. The number of anilines is 1. The highest BCUT2D eigenvalue weighted by Crippen LogP contribution is 2.41. The Morgan fingerprint density at radius 1 is 0.920 bits per heavy atom. The third-order valence-electron chi connectivity index (χ3n) is 4.30. The number of halogens is 1. The molecule has 0 radical (unpaired) electrons. The van der Waals surface area contributed by atoms with Crippen molar-refractivity contribution in [3.8, 4) is 11.5 Å². The van der Waals surface area contributed by atoms with Crippen molar-refractivity contribution < 1.29 is 9.47 Å². The van der Waals surface area contributed by atoms with Gasteiger partial charge in [0.25, 0.3) is 0 Å². The van der Waals surface area contributed by atoms with E-state index in [0.29, 0.717) is 22.1 Å². The Morgan fingerprint density at radius 3 is 2.24 bits per heavy atom. The van der Waals surface area contributed by atoms with Gasteiger partial charge in [0.15, 0.2) is 0 Å². The topological polar surface area (TPSA) is 46.4 Å². The largest absolute Gasteiger partial charge is 0.494 e. The van der Waals surface area contributed by atoms with Crippen LogP contribution in [0.4, 0.5) is 17.1 Å². The van der Waals surface area contributed by atoms with Crippen LogP contribution in [0.2, 0.25) is 5.02 Å². The van der Waals surface area contributed by atoms with Crippen LogP contribution in [0, 0.1) is 6.92 Å². The van der Waals surface area contributed by atoms with Gasteiger partial charge in [-0.2, -0.15) is 0 Å². The van der Waals surface area contributed by atoms with Gasteiger partial charge >= 0.3 is 0 Å². The van der Waals surface area contributed by atoms with E-state index in [4.69, 9.17) is 21.1 Å². The number of aryl methyl sites for hydroxylation is 1. The van der Waals surface area contributed by atoms with Gasteiger partial charge in [-0.25, -0.2) is 0 Å². The standard InChI is InChI=1S/C19H22ClN3O2/c1-13-6-7-15(14(20)10-13)21-22-16-11-19(25-3)17(12-18(16)24-2)23-8-4-5-9-23/h6-7,10-12H,4-5,8-9H2,1-3H3. The fourth-order valence-electron chi connectivity index (χ4n) is 2.95. The predicted octanol–water partition coefficient (Wildman–Crippen LogP) is 5.68. The smallest absolute Gasteiger partial charge is 0.148 e. The molecule has 25 heavy (non-hydrogen) atoms. The highest BCUT2D eigenvalue weighted by molar-refractivity contribution is 6.33. The minimum atomic E-state index is 0.573. The molecule has 0 aliphatic carbocycles. The molecule has 0 saturated carbocycles. The zero-order chi connectivity index (χ0) is 17.8. The first-order chi connectivity index (χ1) is 12.1. The molecule has 0 spiro atoms. The molecule has 2 aromatic carbocycles. The second-order valence-corrected chi connectivity index (χ2v) is 6.45. The third-order valence-corrected chi connectivity index (χ3v) is 4.60. The summed E-state index contributed by atoms with van der Waals surface area (Å²) in [5.41, 5.74) is 3.35. The van der Waals surface area contributed by atoms with Crippen molar-refractivity contribution in [1.82, 2.24) is 0 Å². The van der Waals surface area contributed by atoms with E-state index < -0.39 is 0 Å². The molecule has 2 aromatic rings. The van der Waals surface area contributed by atoms with Crippen LogP contribution < -0.4 is 14.4 Å². The van der Waals surface area contributed by atoms with Crippen LogP contribution in [0.1, 0.15) is 18.4 Å². The van der Waals surface area contributed by atoms with Crippen LogP contribution in [-0.2, 0) is 0 Å². The predicted molar refractivity (Wildman–Crippen MR) is 101 cm³/mol. The maximum Gasteiger partial charge on any atom is 0.148 e. The van der Waals surface area contributed by atoms with Crippen molar-refractivity contribution in [3.05, 3.63) is 40.9 Å². The molecule has 1 saturated heterocycles. The Labute approximate surface area is 153 Å². The van der Waals surface area contributed by atoms with E-state index >= 15 is 0 Å². The second kappa shape index (κ2) is 7.74. The first kappa shape index (κ1) is 17.5. The molecule has 0 atom stereocenters. The van der Waals surface area contributed by atoms with Gasteiger partial charge in [-0.15, -0.1) is 10.2 Å². The molecular weight excluding hydrogens is 338 g/mol. The van der Waals surface area contributed by atoms with E-state index in [1.54, 1.807) is 14.2 Å². The summed E-state index contributed by atoms with van der Waals surface area (Å²) >= 11 is 6.22. The summed E-state index contributed by atoms with van der Waals surface area (Å²) in [6, 6.07) is 9.50. The summed E-state index contributed by atoms with van der Waals surface area (Å²) in [5, 5.41) is 9.18.